The van der Waals surface area contributed by atoms with Crippen molar-refractivity contribution in [1.29, 1.82) is 0 Å². The fourth-order valence-electron chi connectivity index (χ4n) is 2.11. The first-order valence-electron chi connectivity index (χ1n) is 6.00. The van der Waals surface area contributed by atoms with E-state index >= 15 is 0 Å². The zero-order chi connectivity index (χ0) is 15.1. The average Bonchev–Trinajstić information content (AvgIpc) is 2.96. The van der Waals surface area contributed by atoms with Crippen LogP contribution in [0.25, 0.3) is 0 Å². The fraction of sp³-hybridized carbons (Fsp3) is 0.154. The zero-order valence-electron chi connectivity index (χ0n) is 10.9. The molecule has 1 aromatic carbocycles. The molecule has 1 N–H and O–H groups in total. The molecule has 0 aliphatic carbocycles. The predicted molar refractivity (Wildman–Crippen MR) is 66.6 cm³/mol. The number of aromatic nitrogens is 2. The first-order valence-corrected chi connectivity index (χ1v) is 6.00. The number of nitrogens with zero attached hydrogens (tertiary/aromatic N) is 3. The van der Waals surface area contributed by atoms with Gasteiger partial charge in [0.05, 0.1) is 16.7 Å². The van der Waals surface area contributed by atoms with E-state index in [9.17, 15) is 14.4 Å². The summed E-state index contributed by atoms with van der Waals surface area (Å²) < 4.78 is 4.88. The minimum absolute atomic E-state index is 0.0506. The molecule has 0 fully saturated rings. The quantitative estimate of drug-likeness (QED) is 0.833. The third-order valence-electron chi connectivity index (χ3n) is 3.08. The van der Waals surface area contributed by atoms with E-state index in [0.29, 0.717) is 5.82 Å². The van der Waals surface area contributed by atoms with Crippen LogP contribution in [-0.4, -0.2) is 37.9 Å². The second-order valence-corrected chi connectivity index (χ2v) is 4.50. The van der Waals surface area contributed by atoms with Gasteiger partial charge in [-0.1, -0.05) is 5.16 Å². The van der Waals surface area contributed by atoms with Crippen LogP contribution in [0.1, 0.15) is 42.8 Å². The number of aryl methyl sites for hydroxylation is 1. The smallest absolute Gasteiger partial charge is 0.335 e. The van der Waals surface area contributed by atoms with E-state index < -0.39 is 17.8 Å². The van der Waals surface area contributed by atoms with Gasteiger partial charge < -0.3 is 9.63 Å². The van der Waals surface area contributed by atoms with Crippen LogP contribution in [0.3, 0.4) is 0 Å². The molecule has 106 valence electrons. The van der Waals surface area contributed by atoms with Crippen molar-refractivity contribution in [3.05, 3.63) is 46.6 Å². The highest BCUT2D eigenvalue weighted by Crippen LogP contribution is 2.25. The summed E-state index contributed by atoms with van der Waals surface area (Å²) in [5.74, 6) is -1.71. The van der Waals surface area contributed by atoms with E-state index in [0.717, 1.165) is 4.90 Å². The second-order valence-electron chi connectivity index (χ2n) is 4.50. The Kier molecular flexibility index (Phi) is 2.79. The van der Waals surface area contributed by atoms with E-state index in [-0.39, 0.29) is 29.1 Å². The molecular formula is C13H9N3O5. The van der Waals surface area contributed by atoms with Crippen LogP contribution in [0.15, 0.2) is 22.7 Å². The van der Waals surface area contributed by atoms with Crippen molar-refractivity contribution in [3.63, 3.8) is 0 Å². The number of benzene rings is 1. The molecule has 8 nitrogen and oxygen atoms in total. The van der Waals surface area contributed by atoms with E-state index in [1.165, 1.54) is 18.2 Å². The van der Waals surface area contributed by atoms with Crippen molar-refractivity contribution in [2.75, 3.05) is 0 Å². The van der Waals surface area contributed by atoms with Gasteiger partial charge in [0.1, 0.15) is 6.54 Å². The maximum atomic E-state index is 12.2. The highest BCUT2D eigenvalue weighted by atomic mass is 16.5. The zero-order valence-corrected chi connectivity index (χ0v) is 10.9. The molecule has 0 unspecified atom stereocenters. The van der Waals surface area contributed by atoms with Crippen LogP contribution in [0.4, 0.5) is 0 Å². The summed E-state index contributed by atoms with van der Waals surface area (Å²) >= 11 is 0. The Balaban J connectivity index is 1.94. The van der Waals surface area contributed by atoms with E-state index in [1.54, 1.807) is 6.92 Å². The van der Waals surface area contributed by atoms with Crippen molar-refractivity contribution in [2.45, 2.75) is 13.5 Å². The van der Waals surface area contributed by atoms with Crippen molar-refractivity contribution in [3.8, 4) is 0 Å². The number of carboxylic acids is 1. The lowest BCUT2D eigenvalue weighted by Gasteiger charge is -2.09. The topological polar surface area (TPSA) is 114 Å². The molecule has 0 saturated heterocycles. The first kappa shape index (κ1) is 13.0. The molecule has 1 aromatic heterocycles. The average molecular weight is 287 g/mol. The van der Waals surface area contributed by atoms with Crippen LogP contribution in [-0.2, 0) is 6.54 Å². The maximum Gasteiger partial charge on any atom is 0.335 e. The van der Waals surface area contributed by atoms with E-state index in [1.807, 2.05) is 0 Å². The molecule has 1 aliphatic heterocycles. The summed E-state index contributed by atoms with van der Waals surface area (Å²) in [6.45, 7) is 1.48. The van der Waals surface area contributed by atoms with Crippen LogP contribution >= 0.6 is 0 Å². The lowest BCUT2D eigenvalue weighted by Crippen LogP contribution is -2.29. The number of carboxylic acid groups (broad SMARTS) is 1. The van der Waals surface area contributed by atoms with Gasteiger partial charge in [-0.3, -0.25) is 14.5 Å². The summed E-state index contributed by atoms with van der Waals surface area (Å²) in [6.07, 6.45) is 0. The first-order chi connectivity index (χ1) is 9.97. The van der Waals surface area contributed by atoms with Crippen molar-refractivity contribution < 1.29 is 24.0 Å². The highest BCUT2D eigenvalue weighted by molar-refractivity contribution is 6.21. The molecule has 0 saturated carbocycles. The van der Waals surface area contributed by atoms with Gasteiger partial charge in [-0.2, -0.15) is 4.98 Å². The van der Waals surface area contributed by atoms with Crippen LogP contribution < -0.4 is 0 Å². The van der Waals surface area contributed by atoms with Gasteiger partial charge in [0.15, 0.2) is 5.82 Å². The van der Waals surface area contributed by atoms with Crippen molar-refractivity contribution in [1.82, 2.24) is 15.0 Å². The third kappa shape index (κ3) is 2.06. The molecule has 3 rings (SSSR count). The number of amides is 2. The number of aromatic carboxylic acids is 1. The molecule has 2 heterocycles. The normalized spacial score (nSPS) is 13.7. The standard InChI is InChI=1S/C13H9N3O5/c1-6-14-10(21-15-6)5-16-11(17)8-3-2-7(13(19)20)4-9(8)12(16)18/h2-4H,5H2,1H3,(H,19,20). The Morgan fingerprint density at radius 1 is 1.29 bits per heavy atom. The van der Waals surface area contributed by atoms with Gasteiger partial charge >= 0.3 is 5.97 Å². The molecule has 21 heavy (non-hydrogen) atoms. The predicted octanol–water partition coefficient (Wildman–Crippen LogP) is 0.872. The summed E-state index contributed by atoms with van der Waals surface area (Å²) in [4.78, 5) is 40.2. The van der Waals surface area contributed by atoms with Crippen molar-refractivity contribution in [2.24, 2.45) is 0 Å². The highest BCUT2D eigenvalue weighted by Gasteiger charge is 2.37. The Labute approximate surface area is 118 Å². The number of carbonyl (C=O) groups is 3. The van der Waals surface area contributed by atoms with Gasteiger partial charge in [0.2, 0.25) is 5.89 Å². The monoisotopic (exact) mass is 287 g/mol. The number of hydrogen-bond acceptors (Lipinski definition) is 6. The minimum atomic E-state index is -1.16. The molecule has 8 heteroatoms. The van der Waals surface area contributed by atoms with Crippen molar-refractivity contribution >= 4 is 17.8 Å². The molecule has 0 spiro atoms. The van der Waals surface area contributed by atoms with Crippen LogP contribution in [0.2, 0.25) is 0 Å². The molecule has 1 aliphatic rings. The van der Waals surface area contributed by atoms with Crippen LogP contribution in [0.5, 0.6) is 0 Å². The largest absolute Gasteiger partial charge is 0.478 e. The van der Waals surface area contributed by atoms with Gasteiger partial charge in [0.25, 0.3) is 11.8 Å². The number of imide groups is 1. The van der Waals surface area contributed by atoms with Gasteiger partial charge in [-0.25, -0.2) is 4.79 Å². The number of fused-ring (bicyclic) bond motifs is 1. The lowest BCUT2D eigenvalue weighted by atomic mass is 10.1. The number of carbonyl (C=O) groups excluding carboxylic acids is 2. The summed E-state index contributed by atoms with van der Waals surface area (Å²) in [6, 6.07) is 3.81. The summed E-state index contributed by atoms with van der Waals surface area (Å²) in [5.41, 5.74) is 0.183. The number of rotatable bonds is 3. The summed E-state index contributed by atoms with van der Waals surface area (Å²) in [5, 5.41) is 12.5. The molecule has 0 bridgehead atoms. The minimum Gasteiger partial charge on any atom is -0.478 e. The number of hydrogen-bond donors (Lipinski definition) is 1. The molecule has 2 amide bonds. The Bertz CT molecular complexity index is 780. The van der Waals surface area contributed by atoms with Crippen LogP contribution in [0, 0.1) is 6.92 Å². The van der Waals surface area contributed by atoms with Gasteiger partial charge in [0, 0.05) is 0 Å². The Morgan fingerprint density at radius 2 is 2.00 bits per heavy atom. The second kappa shape index (κ2) is 4.51. The van der Waals surface area contributed by atoms with Gasteiger partial charge in [-0.05, 0) is 25.1 Å². The fourth-order valence-corrected chi connectivity index (χ4v) is 2.11. The molecule has 0 atom stereocenters. The van der Waals surface area contributed by atoms with Gasteiger partial charge in [-0.15, -0.1) is 0 Å². The molecule has 2 aromatic rings. The maximum absolute atomic E-state index is 12.2. The van der Waals surface area contributed by atoms with E-state index in [4.69, 9.17) is 9.63 Å². The molecular weight excluding hydrogens is 278 g/mol. The SMILES string of the molecule is Cc1noc(CN2C(=O)c3ccc(C(=O)O)cc3C2=O)n1. The molecule has 0 radical (unpaired) electrons. The Morgan fingerprint density at radius 3 is 2.62 bits per heavy atom. The lowest BCUT2D eigenvalue weighted by molar-refractivity contribution is 0.0624. The summed E-state index contributed by atoms with van der Waals surface area (Å²) in [7, 11) is 0. The van der Waals surface area contributed by atoms with E-state index in [2.05, 4.69) is 10.1 Å². The Hall–Kier alpha value is -3.03. The third-order valence-corrected chi connectivity index (χ3v) is 3.08.